The highest BCUT2D eigenvalue weighted by molar-refractivity contribution is 6.24. The number of furan rings is 1. The van der Waals surface area contributed by atoms with Crippen LogP contribution in [-0.2, 0) is 0 Å². The fraction of sp³-hybridized carbons (Fsp3) is 0. The number of aromatic nitrogens is 2. The van der Waals surface area contributed by atoms with E-state index in [1.54, 1.807) is 6.07 Å². The zero-order valence-electron chi connectivity index (χ0n) is 29.4. The molecule has 55 heavy (non-hydrogen) atoms. The molecule has 0 aliphatic heterocycles. The normalized spacial score (nSPS) is 11.6. The van der Waals surface area contributed by atoms with Crippen LogP contribution >= 0.6 is 0 Å². The molecule has 0 radical (unpaired) electrons. The van der Waals surface area contributed by atoms with E-state index in [9.17, 15) is 10.5 Å². The molecule has 11 rings (SSSR count). The number of hydrogen-bond acceptors (Lipinski definition) is 3. The van der Waals surface area contributed by atoms with E-state index in [1.165, 1.54) is 0 Å². The van der Waals surface area contributed by atoms with Gasteiger partial charge >= 0.3 is 0 Å². The van der Waals surface area contributed by atoms with E-state index in [2.05, 4.69) is 143 Å². The number of fused-ring (bicyclic) bond motifs is 10. The highest BCUT2D eigenvalue weighted by Gasteiger charge is 2.22. The first-order valence-corrected chi connectivity index (χ1v) is 18.2. The third-order valence-corrected chi connectivity index (χ3v) is 11.0. The summed E-state index contributed by atoms with van der Waals surface area (Å²) < 4.78 is 11.3. The predicted octanol–water partition coefficient (Wildman–Crippen LogP) is 12.9. The van der Waals surface area contributed by atoms with Crippen LogP contribution in [0.15, 0.2) is 174 Å². The number of benzene rings is 8. The van der Waals surface area contributed by atoms with Crippen LogP contribution in [0.2, 0.25) is 0 Å². The summed E-state index contributed by atoms with van der Waals surface area (Å²) in [6.45, 7) is 0. The summed E-state index contributed by atoms with van der Waals surface area (Å²) in [6, 6.07) is 63.0. The molecular formula is C50H28N4O. The monoisotopic (exact) mass is 700 g/mol. The number of rotatable bonds is 4. The Morgan fingerprint density at radius 3 is 1.85 bits per heavy atom. The zero-order chi connectivity index (χ0) is 36.6. The Hall–Kier alpha value is -7.86. The van der Waals surface area contributed by atoms with Crippen molar-refractivity contribution in [1.29, 1.82) is 10.5 Å². The molecule has 3 heterocycles. The van der Waals surface area contributed by atoms with Gasteiger partial charge in [-0.15, -0.1) is 0 Å². The second kappa shape index (κ2) is 11.8. The number of hydrogen-bond donors (Lipinski definition) is 0. The largest absolute Gasteiger partial charge is 0.455 e. The molecule has 0 aliphatic carbocycles. The Labute approximate surface area is 315 Å². The van der Waals surface area contributed by atoms with Crippen LogP contribution in [0.3, 0.4) is 0 Å². The Kier molecular flexibility index (Phi) is 6.61. The number of para-hydroxylation sites is 4. The van der Waals surface area contributed by atoms with Gasteiger partial charge in [-0.25, -0.2) is 0 Å². The summed E-state index contributed by atoms with van der Waals surface area (Å²) in [7, 11) is 0. The first-order chi connectivity index (χ1) is 27.2. The average molecular weight is 701 g/mol. The maximum absolute atomic E-state index is 10.6. The summed E-state index contributed by atoms with van der Waals surface area (Å²) in [5, 5.41) is 26.9. The number of nitrogens with zero attached hydrogens (tertiary/aromatic N) is 4. The third-order valence-electron chi connectivity index (χ3n) is 11.0. The second-order valence-corrected chi connectivity index (χ2v) is 13.9. The van der Waals surface area contributed by atoms with Crippen molar-refractivity contribution < 1.29 is 4.42 Å². The van der Waals surface area contributed by atoms with Gasteiger partial charge in [0.2, 0.25) is 0 Å². The van der Waals surface area contributed by atoms with Crippen molar-refractivity contribution in [2.24, 2.45) is 0 Å². The van der Waals surface area contributed by atoms with Crippen LogP contribution in [0.5, 0.6) is 0 Å². The van der Waals surface area contributed by atoms with Gasteiger partial charge in [-0.3, -0.25) is 0 Å². The lowest BCUT2D eigenvalue weighted by atomic mass is 9.93. The molecule has 3 aromatic heterocycles. The Morgan fingerprint density at radius 1 is 0.436 bits per heavy atom. The lowest BCUT2D eigenvalue weighted by molar-refractivity contribution is 0.673. The van der Waals surface area contributed by atoms with E-state index in [0.717, 1.165) is 99.2 Å². The molecule has 0 saturated carbocycles. The fourth-order valence-corrected chi connectivity index (χ4v) is 8.58. The molecule has 254 valence electrons. The lowest BCUT2D eigenvalue weighted by Gasteiger charge is -2.19. The minimum atomic E-state index is 0.569. The van der Waals surface area contributed by atoms with Crippen molar-refractivity contribution in [3.8, 4) is 45.8 Å². The maximum atomic E-state index is 10.6. The van der Waals surface area contributed by atoms with Gasteiger partial charge in [-0.2, -0.15) is 10.5 Å². The average Bonchev–Trinajstić information content (AvgIpc) is 3.91. The van der Waals surface area contributed by atoms with E-state index >= 15 is 0 Å². The van der Waals surface area contributed by atoms with E-state index in [-0.39, 0.29) is 0 Å². The molecule has 0 aliphatic rings. The molecule has 0 amide bonds. The quantitative estimate of drug-likeness (QED) is 0.183. The summed E-state index contributed by atoms with van der Waals surface area (Å²) in [5.41, 5.74) is 12.7. The molecule has 0 spiro atoms. The molecule has 0 fully saturated rings. The first kappa shape index (κ1) is 30.7. The van der Waals surface area contributed by atoms with E-state index in [4.69, 9.17) is 4.42 Å². The molecule has 0 bridgehead atoms. The van der Waals surface area contributed by atoms with Gasteiger partial charge in [-0.05, 0) is 83.9 Å². The van der Waals surface area contributed by atoms with Crippen LogP contribution in [0.4, 0.5) is 0 Å². The maximum Gasteiger partial charge on any atom is 0.145 e. The molecule has 11 aromatic rings. The van der Waals surface area contributed by atoms with E-state index in [0.29, 0.717) is 11.1 Å². The van der Waals surface area contributed by atoms with Crippen molar-refractivity contribution in [1.82, 2.24) is 9.13 Å². The molecule has 0 N–H and O–H groups in total. The first-order valence-electron chi connectivity index (χ1n) is 18.2. The molecule has 5 nitrogen and oxygen atoms in total. The summed E-state index contributed by atoms with van der Waals surface area (Å²) in [6.07, 6.45) is 0. The Balaban J connectivity index is 1.24. The van der Waals surface area contributed by atoms with E-state index in [1.807, 2.05) is 42.5 Å². The standard InChI is InChI=1S/C50H28N4O/c51-29-31-10-9-11-32(26-31)33-20-21-34(30-52)42(27-33)38-23-22-35(28-47(38)54-43-16-5-1-12-36(43)37-13-2-6-17-44(37)54)53-45-18-7-3-15-41(45)49-46(53)25-24-40-39-14-4-8-19-48(39)55-50(40)49/h1-28H. The van der Waals surface area contributed by atoms with Crippen LogP contribution < -0.4 is 0 Å². The highest BCUT2D eigenvalue weighted by Crippen LogP contribution is 2.43. The zero-order valence-corrected chi connectivity index (χ0v) is 29.4. The van der Waals surface area contributed by atoms with Crippen molar-refractivity contribution in [3.05, 3.63) is 181 Å². The fourth-order valence-electron chi connectivity index (χ4n) is 8.58. The Morgan fingerprint density at radius 2 is 1.11 bits per heavy atom. The minimum absolute atomic E-state index is 0.569. The van der Waals surface area contributed by atoms with Crippen LogP contribution in [0.1, 0.15) is 11.1 Å². The SMILES string of the molecule is N#Cc1cccc(-c2ccc(C#N)c(-c3ccc(-n4c5ccccc5c5c6oc7ccccc7c6ccc54)cc3-n3c4ccccc4c4ccccc43)c2)c1. The highest BCUT2D eigenvalue weighted by atomic mass is 16.3. The van der Waals surface area contributed by atoms with Gasteiger partial charge in [-0.1, -0.05) is 97.1 Å². The Bertz CT molecular complexity index is 3420. The van der Waals surface area contributed by atoms with Crippen molar-refractivity contribution >= 4 is 65.6 Å². The lowest BCUT2D eigenvalue weighted by Crippen LogP contribution is -2.02. The van der Waals surface area contributed by atoms with Crippen LogP contribution in [0, 0.1) is 22.7 Å². The predicted molar refractivity (Wildman–Crippen MR) is 223 cm³/mol. The van der Waals surface area contributed by atoms with Gasteiger partial charge in [0.25, 0.3) is 0 Å². The second-order valence-electron chi connectivity index (χ2n) is 13.9. The molecule has 0 atom stereocenters. The van der Waals surface area contributed by atoms with Gasteiger partial charge < -0.3 is 13.6 Å². The summed E-state index contributed by atoms with van der Waals surface area (Å²) in [5.74, 6) is 0. The van der Waals surface area contributed by atoms with Crippen molar-refractivity contribution in [2.75, 3.05) is 0 Å². The van der Waals surface area contributed by atoms with Crippen molar-refractivity contribution in [2.45, 2.75) is 0 Å². The smallest absolute Gasteiger partial charge is 0.145 e. The molecule has 0 saturated heterocycles. The molecule has 8 aromatic carbocycles. The van der Waals surface area contributed by atoms with Crippen LogP contribution in [-0.4, -0.2) is 9.13 Å². The third kappa shape index (κ3) is 4.51. The van der Waals surface area contributed by atoms with E-state index < -0.39 is 0 Å². The van der Waals surface area contributed by atoms with Gasteiger partial charge in [0.15, 0.2) is 0 Å². The number of nitriles is 2. The van der Waals surface area contributed by atoms with Gasteiger partial charge in [0.1, 0.15) is 11.2 Å². The van der Waals surface area contributed by atoms with Crippen molar-refractivity contribution in [3.63, 3.8) is 0 Å². The molecular weight excluding hydrogens is 673 g/mol. The van der Waals surface area contributed by atoms with Gasteiger partial charge in [0, 0.05) is 43.7 Å². The minimum Gasteiger partial charge on any atom is -0.455 e. The summed E-state index contributed by atoms with van der Waals surface area (Å²) in [4.78, 5) is 0. The summed E-state index contributed by atoms with van der Waals surface area (Å²) >= 11 is 0. The molecule has 0 unspecified atom stereocenters. The molecule has 5 heteroatoms. The van der Waals surface area contributed by atoms with Crippen LogP contribution in [0.25, 0.3) is 99.2 Å². The topological polar surface area (TPSA) is 70.6 Å². The van der Waals surface area contributed by atoms with Gasteiger partial charge in [0.05, 0.1) is 56.4 Å².